The lowest BCUT2D eigenvalue weighted by atomic mass is 9.71. The molecular formula is C34H34N2OS2. The van der Waals surface area contributed by atoms with Crippen LogP contribution in [0.25, 0.3) is 26.2 Å². The second-order valence-electron chi connectivity index (χ2n) is 12.1. The summed E-state index contributed by atoms with van der Waals surface area (Å²) in [5.41, 5.74) is 5.89. The molecule has 2 aromatic carbocycles. The number of rotatable bonds is 4. The minimum Gasteiger partial charge on any atom is -0.289 e. The van der Waals surface area contributed by atoms with Gasteiger partial charge in [-0.3, -0.25) is 4.79 Å². The summed E-state index contributed by atoms with van der Waals surface area (Å²) in [7, 11) is 0. The predicted molar refractivity (Wildman–Crippen MR) is 168 cm³/mol. The van der Waals surface area contributed by atoms with Crippen molar-refractivity contribution in [1.29, 1.82) is 0 Å². The van der Waals surface area contributed by atoms with Gasteiger partial charge in [0.05, 0.1) is 10.6 Å². The van der Waals surface area contributed by atoms with Crippen molar-refractivity contribution in [1.82, 2.24) is 0 Å². The Morgan fingerprint density at radius 3 is 2.08 bits per heavy atom. The van der Waals surface area contributed by atoms with Gasteiger partial charge in [0.1, 0.15) is 5.70 Å². The number of benzene rings is 2. The number of carbonyl (C=O) groups is 1. The summed E-state index contributed by atoms with van der Waals surface area (Å²) in [5.74, 6) is 0.116. The minimum absolute atomic E-state index is 0.116. The molecule has 39 heavy (non-hydrogen) atoms. The average molecular weight is 551 g/mol. The van der Waals surface area contributed by atoms with Gasteiger partial charge in [0.2, 0.25) is 0 Å². The van der Waals surface area contributed by atoms with E-state index >= 15 is 0 Å². The molecule has 4 aromatic rings. The smallest absolute Gasteiger partial charge is 0.186 e. The van der Waals surface area contributed by atoms with E-state index in [1.807, 2.05) is 36.4 Å². The number of aryl methyl sites for hydroxylation is 1. The molecule has 3 nitrogen and oxygen atoms in total. The number of thiophene rings is 2. The molecule has 0 aliphatic heterocycles. The number of allylic oxidation sites excluding steroid dienone is 5. The van der Waals surface area contributed by atoms with Crippen molar-refractivity contribution in [3.8, 4) is 10.4 Å². The van der Waals surface area contributed by atoms with Gasteiger partial charge in [-0.1, -0.05) is 71.4 Å². The minimum atomic E-state index is -0.303. The molecule has 0 radical (unpaired) electrons. The molecule has 0 saturated heterocycles. The van der Waals surface area contributed by atoms with Gasteiger partial charge in [0.15, 0.2) is 5.78 Å². The van der Waals surface area contributed by atoms with Crippen molar-refractivity contribution in [2.45, 2.75) is 48.5 Å². The quantitative estimate of drug-likeness (QED) is 0.233. The van der Waals surface area contributed by atoms with Crippen LogP contribution in [0.15, 0.2) is 105 Å². The molecular weight excluding hydrogens is 517 g/mol. The lowest BCUT2D eigenvalue weighted by Crippen LogP contribution is -2.28. The maximum atomic E-state index is 13.6. The van der Waals surface area contributed by atoms with E-state index in [0.717, 1.165) is 33.0 Å². The monoisotopic (exact) mass is 550 g/mol. The van der Waals surface area contributed by atoms with Gasteiger partial charge in [0.25, 0.3) is 0 Å². The van der Waals surface area contributed by atoms with Gasteiger partial charge in [-0.05, 0) is 82.6 Å². The molecule has 0 unspecified atom stereocenters. The molecule has 2 aromatic heterocycles. The van der Waals surface area contributed by atoms with E-state index in [1.165, 1.54) is 26.1 Å². The molecule has 0 amide bonds. The molecule has 1 aliphatic carbocycles. The Bertz CT molecular complexity index is 1630. The summed E-state index contributed by atoms with van der Waals surface area (Å²) in [6.07, 6.45) is 4.06. The first kappa shape index (κ1) is 27.2. The zero-order valence-corrected chi connectivity index (χ0v) is 25.3. The molecule has 0 spiro atoms. The summed E-state index contributed by atoms with van der Waals surface area (Å²) in [6.45, 7) is 14.6. The second kappa shape index (κ2) is 10.3. The fourth-order valence-corrected chi connectivity index (χ4v) is 6.38. The van der Waals surface area contributed by atoms with Crippen molar-refractivity contribution < 1.29 is 4.79 Å². The Morgan fingerprint density at radius 2 is 1.49 bits per heavy atom. The molecule has 5 heteroatoms. The largest absolute Gasteiger partial charge is 0.289 e. The van der Waals surface area contributed by atoms with Crippen LogP contribution in [-0.2, 0) is 4.79 Å². The fraction of sp³-hybridized carbons (Fsp3) is 0.265. The topological polar surface area (TPSA) is 41.8 Å². The summed E-state index contributed by atoms with van der Waals surface area (Å²) in [5, 5.41) is 12.8. The van der Waals surface area contributed by atoms with Crippen LogP contribution in [0.1, 0.15) is 52.0 Å². The number of nitrogens with zero attached hydrogens (tertiary/aromatic N) is 2. The average Bonchev–Trinajstić information content (AvgIpc) is 3.54. The van der Waals surface area contributed by atoms with E-state index in [1.54, 1.807) is 22.7 Å². The van der Waals surface area contributed by atoms with Crippen LogP contribution in [0.3, 0.4) is 0 Å². The Kier molecular flexibility index (Phi) is 7.17. The van der Waals surface area contributed by atoms with Crippen molar-refractivity contribution in [2.75, 3.05) is 0 Å². The molecule has 0 N–H and O–H groups in total. The summed E-state index contributed by atoms with van der Waals surface area (Å²) < 4.78 is 1.20. The van der Waals surface area contributed by atoms with Crippen molar-refractivity contribution in [2.24, 2.45) is 21.1 Å². The van der Waals surface area contributed by atoms with Crippen LogP contribution in [0.5, 0.6) is 0 Å². The normalized spacial score (nSPS) is 14.7. The van der Waals surface area contributed by atoms with Gasteiger partial charge in [-0.25, -0.2) is 0 Å². The Morgan fingerprint density at radius 1 is 0.821 bits per heavy atom. The molecule has 5 rings (SSSR count). The molecule has 1 aliphatic rings. The highest BCUT2D eigenvalue weighted by Gasteiger charge is 2.35. The number of hydrogen-bond acceptors (Lipinski definition) is 5. The third-order valence-electron chi connectivity index (χ3n) is 6.83. The lowest BCUT2D eigenvalue weighted by Gasteiger charge is -2.31. The highest BCUT2D eigenvalue weighted by molar-refractivity contribution is 7.20. The van der Waals surface area contributed by atoms with Crippen LogP contribution in [0.4, 0.5) is 5.69 Å². The third-order valence-corrected chi connectivity index (χ3v) is 8.87. The molecule has 198 valence electrons. The van der Waals surface area contributed by atoms with E-state index in [2.05, 4.69) is 95.4 Å². The predicted octanol–water partition coefficient (Wildman–Crippen LogP) is 11.0. The number of hydrogen-bond donors (Lipinski definition) is 0. The number of fused-ring (bicyclic) bond motifs is 1. The summed E-state index contributed by atoms with van der Waals surface area (Å²) >= 11 is 3.45. The van der Waals surface area contributed by atoms with Crippen molar-refractivity contribution in [3.05, 3.63) is 105 Å². The Labute approximate surface area is 239 Å². The van der Waals surface area contributed by atoms with E-state index < -0.39 is 0 Å². The first-order valence-electron chi connectivity index (χ1n) is 13.2. The van der Waals surface area contributed by atoms with Gasteiger partial charge in [-0.15, -0.1) is 27.8 Å². The van der Waals surface area contributed by atoms with Gasteiger partial charge in [-0.2, -0.15) is 5.11 Å². The van der Waals surface area contributed by atoms with E-state index in [-0.39, 0.29) is 16.6 Å². The fourth-order valence-electron chi connectivity index (χ4n) is 4.60. The SMILES string of the molecule is Cc1ccc(N=NC(=C2C=C(C(C)(C)C)C(=O)C(C(C)(C)C)=C2)c2cc3cc(-c4cccs4)ccc3s2)cc1. The maximum absolute atomic E-state index is 13.6. The maximum Gasteiger partial charge on any atom is 0.186 e. The second-order valence-corrected chi connectivity index (χ2v) is 14.2. The lowest BCUT2D eigenvalue weighted by molar-refractivity contribution is -0.114. The molecule has 0 saturated carbocycles. The van der Waals surface area contributed by atoms with Crippen LogP contribution in [0.2, 0.25) is 0 Å². The molecule has 2 heterocycles. The first-order valence-corrected chi connectivity index (χ1v) is 14.9. The Hall–Kier alpha value is -3.41. The highest BCUT2D eigenvalue weighted by Crippen LogP contribution is 2.43. The number of azo groups is 1. The summed E-state index contributed by atoms with van der Waals surface area (Å²) in [6, 6.07) is 21.1. The molecule has 0 fully saturated rings. The van der Waals surface area contributed by atoms with Gasteiger partial charge >= 0.3 is 0 Å². The summed E-state index contributed by atoms with van der Waals surface area (Å²) in [4.78, 5) is 15.9. The highest BCUT2D eigenvalue weighted by atomic mass is 32.1. The van der Waals surface area contributed by atoms with Crippen molar-refractivity contribution in [3.63, 3.8) is 0 Å². The number of carbonyl (C=O) groups excluding carboxylic acids is 1. The zero-order valence-electron chi connectivity index (χ0n) is 23.6. The van der Waals surface area contributed by atoms with E-state index in [4.69, 9.17) is 5.11 Å². The van der Waals surface area contributed by atoms with Crippen LogP contribution >= 0.6 is 22.7 Å². The van der Waals surface area contributed by atoms with E-state index in [9.17, 15) is 4.79 Å². The number of Topliss-reactive ketones (excluding diaryl/α,β-unsaturated/α-hetero) is 1. The first-order chi connectivity index (χ1) is 18.4. The van der Waals surface area contributed by atoms with Gasteiger partial charge in [0, 0.05) is 26.3 Å². The molecule has 0 atom stereocenters. The van der Waals surface area contributed by atoms with Crippen LogP contribution in [-0.4, -0.2) is 5.78 Å². The third kappa shape index (κ3) is 5.80. The molecule has 0 bridgehead atoms. The van der Waals surface area contributed by atoms with E-state index in [0.29, 0.717) is 0 Å². The standard InChI is InChI=1S/C34H34N2OS2/c1-21-10-13-25(14-11-21)35-36-31(24-18-26(33(2,3)4)32(37)27(19-24)34(5,6)7)30-20-23-17-22(12-15-29(23)39-30)28-9-8-16-38-28/h8-20H,1-7H3. The van der Waals surface area contributed by atoms with Crippen LogP contribution < -0.4 is 0 Å². The zero-order chi connectivity index (χ0) is 27.9. The van der Waals surface area contributed by atoms with Crippen LogP contribution in [0, 0.1) is 17.8 Å². The van der Waals surface area contributed by atoms with Crippen molar-refractivity contribution >= 4 is 49.9 Å². The number of ketones is 1. The van der Waals surface area contributed by atoms with Gasteiger partial charge < -0.3 is 0 Å². The Balaban J connectivity index is 1.73.